The number of carbonyl (C=O) groups excluding carboxylic acids is 1. The van der Waals surface area contributed by atoms with Crippen molar-refractivity contribution in [2.45, 2.75) is 88.8 Å². The van der Waals surface area contributed by atoms with E-state index in [1.165, 1.54) is 25.6 Å². The zero-order chi connectivity index (χ0) is 30.7. The van der Waals surface area contributed by atoms with Crippen molar-refractivity contribution in [2.75, 3.05) is 14.2 Å². The van der Waals surface area contributed by atoms with Gasteiger partial charge in [0.2, 0.25) is 15.9 Å². The molecule has 0 atom stereocenters. The van der Waals surface area contributed by atoms with Gasteiger partial charge in [0.25, 0.3) is 0 Å². The average molecular weight is 618 g/mol. The molecule has 0 spiro atoms. The first-order valence-electron chi connectivity index (χ1n) is 13.9. The summed E-state index contributed by atoms with van der Waals surface area (Å²) in [7, 11) is -0.988. The summed E-state index contributed by atoms with van der Waals surface area (Å²) in [5.41, 5.74) is 0.975. The van der Waals surface area contributed by atoms with Gasteiger partial charge in [0.1, 0.15) is 0 Å². The Hall–Kier alpha value is -3.29. The van der Waals surface area contributed by atoms with Crippen LogP contribution in [0.25, 0.3) is 21.6 Å². The fourth-order valence-electron chi connectivity index (χ4n) is 4.88. The van der Waals surface area contributed by atoms with E-state index in [0.717, 1.165) is 35.6 Å². The van der Waals surface area contributed by atoms with Gasteiger partial charge in [-0.2, -0.15) is 4.98 Å². The van der Waals surface area contributed by atoms with Crippen LogP contribution in [0.3, 0.4) is 0 Å². The second-order valence-corrected chi connectivity index (χ2v) is 14.3. The molecule has 0 radical (unpaired) electrons. The fraction of sp³-hybridized carbons (Fsp3) is 0.517. The van der Waals surface area contributed by atoms with Gasteiger partial charge in [0, 0.05) is 35.5 Å². The van der Waals surface area contributed by atoms with Crippen molar-refractivity contribution in [1.29, 1.82) is 0 Å². The lowest BCUT2D eigenvalue weighted by molar-refractivity contribution is 0.109. The Labute approximate surface area is 251 Å². The summed E-state index contributed by atoms with van der Waals surface area (Å²) in [5.74, 6) is 0.500. The molecule has 2 N–H and O–H groups in total. The van der Waals surface area contributed by atoms with Crippen LogP contribution >= 0.6 is 11.3 Å². The van der Waals surface area contributed by atoms with E-state index in [2.05, 4.69) is 20.0 Å². The van der Waals surface area contributed by atoms with E-state index in [1.54, 1.807) is 45.3 Å². The highest BCUT2D eigenvalue weighted by molar-refractivity contribution is 7.89. The topological polar surface area (TPSA) is 142 Å². The van der Waals surface area contributed by atoms with Gasteiger partial charge in [-0.3, -0.25) is 0 Å². The first-order chi connectivity index (χ1) is 19.8. The number of thiazole rings is 1. The molecule has 4 rings (SSSR count). The second-order valence-electron chi connectivity index (χ2n) is 11.6. The molecule has 1 saturated carbocycles. The Morgan fingerprint density at radius 3 is 2.36 bits per heavy atom. The molecule has 42 heavy (non-hydrogen) atoms. The molecule has 0 unspecified atom stereocenters. The molecule has 1 aromatic carbocycles. The molecule has 0 bridgehead atoms. The third kappa shape index (κ3) is 7.75. The molecule has 0 aliphatic heterocycles. The largest absolute Gasteiger partial charge is 0.480 e. The van der Waals surface area contributed by atoms with Gasteiger partial charge in [0.15, 0.2) is 0 Å². The number of methoxy groups -OCH3 is 2. The number of aromatic nitrogens is 3. The van der Waals surface area contributed by atoms with Gasteiger partial charge in [0.05, 0.1) is 40.7 Å². The van der Waals surface area contributed by atoms with Crippen LogP contribution in [0.15, 0.2) is 35.5 Å². The van der Waals surface area contributed by atoms with Gasteiger partial charge in [-0.15, -0.1) is 11.3 Å². The summed E-state index contributed by atoms with van der Waals surface area (Å²) in [6.07, 6.45) is 6.12. The van der Waals surface area contributed by atoms with Gasteiger partial charge in [-0.25, -0.2) is 27.9 Å². The Kier molecular flexibility index (Phi) is 9.74. The van der Waals surface area contributed by atoms with Crippen LogP contribution < -0.4 is 19.5 Å². The zero-order valence-electron chi connectivity index (χ0n) is 25.1. The summed E-state index contributed by atoms with van der Waals surface area (Å²) in [6, 6.07) is 5.44. The molecule has 13 heteroatoms. The number of amides is 1. The summed E-state index contributed by atoms with van der Waals surface area (Å²) in [4.78, 5) is 26.0. The normalized spacial score (nSPS) is 17.6. The molecule has 3 aromatic rings. The number of alkyl carbamates (subject to hydrolysis) is 1. The molecule has 0 saturated heterocycles. The highest BCUT2D eigenvalue weighted by atomic mass is 32.2. The minimum atomic E-state index is -3.93. The van der Waals surface area contributed by atoms with E-state index >= 15 is 0 Å². The third-order valence-electron chi connectivity index (χ3n) is 6.66. The van der Waals surface area contributed by atoms with Gasteiger partial charge < -0.3 is 19.5 Å². The quantitative estimate of drug-likeness (QED) is 0.317. The number of ether oxygens (including phenoxy) is 3. The lowest BCUT2D eigenvalue weighted by atomic mass is 9.86. The van der Waals surface area contributed by atoms with Crippen LogP contribution in [-0.4, -0.2) is 61.4 Å². The van der Waals surface area contributed by atoms with E-state index in [4.69, 9.17) is 19.2 Å². The standard InChI is InChI=1S/C29H39N5O6S2/c1-17(2)40-28(35)32-20-11-8-18(9-12-20)26-30-16-23(41-26)21-13-10-19(14-24(21)42(36,37)34-29(3,4)5)22-15-31-27(39-7)33-25(22)38-6/h10,13-18,20,34H,8-9,11-12H2,1-7H3,(H,32,35)/t18-,20-. The minimum absolute atomic E-state index is 0.0682. The smallest absolute Gasteiger partial charge is 0.407 e. The van der Waals surface area contributed by atoms with Crippen LogP contribution in [0.5, 0.6) is 11.9 Å². The monoisotopic (exact) mass is 617 g/mol. The minimum Gasteiger partial charge on any atom is -0.480 e. The Bertz CT molecular complexity index is 1510. The molecular weight excluding hydrogens is 578 g/mol. The number of hydrogen-bond donors (Lipinski definition) is 2. The molecule has 1 fully saturated rings. The zero-order valence-corrected chi connectivity index (χ0v) is 26.7. The fourth-order valence-corrected chi connectivity index (χ4v) is 7.73. The van der Waals surface area contributed by atoms with Gasteiger partial charge in [-0.1, -0.05) is 12.1 Å². The Balaban J connectivity index is 1.64. The number of nitrogens with one attached hydrogen (secondary N) is 2. The van der Waals surface area contributed by atoms with Crippen LogP contribution in [-0.2, 0) is 14.8 Å². The summed E-state index contributed by atoms with van der Waals surface area (Å²) < 4.78 is 46.0. The highest BCUT2D eigenvalue weighted by Crippen LogP contribution is 2.41. The number of carbonyl (C=O) groups is 1. The highest BCUT2D eigenvalue weighted by Gasteiger charge is 2.29. The van der Waals surface area contributed by atoms with Crippen molar-refractivity contribution in [3.05, 3.63) is 35.6 Å². The van der Waals surface area contributed by atoms with E-state index in [0.29, 0.717) is 16.7 Å². The number of hydrogen-bond acceptors (Lipinski definition) is 10. The van der Waals surface area contributed by atoms with Crippen molar-refractivity contribution in [3.8, 4) is 33.5 Å². The molecule has 2 heterocycles. The first kappa shape index (κ1) is 31.6. The van der Waals surface area contributed by atoms with E-state index in [-0.39, 0.29) is 40.9 Å². The maximum absolute atomic E-state index is 13.7. The van der Waals surface area contributed by atoms with Crippen LogP contribution in [0.2, 0.25) is 0 Å². The van der Waals surface area contributed by atoms with Crippen molar-refractivity contribution < 1.29 is 27.4 Å². The third-order valence-corrected chi connectivity index (χ3v) is 9.65. The predicted octanol–water partition coefficient (Wildman–Crippen LogP) is 5.52. The number of benzene rings is 1. The Morgan fingerprint density at radius 1 is 1.02 bits per heavy atom. The second kappa shape index (κ2) is 12.9. The average Bonchev–Trinajstić information content (AvgIpc) is 3.41. The molecule has 1 aliphatic carbocycles. The molecule has 1 amide bonds. The van der Waals surface area contributed by atoms with Gasteiger partial charge in [-0.05, 0) is 71.9 Å². The lowest BCUT2D eigenvalue weighted by Crippen LogP contribution is -2.40. The number of rotatable bonds is 9. The van der Waals surface area contributed by atoms with E-state index < -0.39 is 15.6 Å². The predicted molar refractivity (Wildman–Crippen MR) is 162 cm³/mol. The molecular formula is C29H39N5O6S2. The summed E-state index contributed by atoms with van der Waals surface area (Å²) in [6.45, 7) is 9.04. The van der Waals surface area contributed by atoms with Crippen LogP contribution in [0.4, 0.5) is 4.79 Å². The first-order valence-corrected chi connectivity index (χ1v) is 16.2. The van der Waals surface area contributed by atoms with Gasteiger partial charge >= 0.3 is 12.1 Å². The van der Waals surface area contributed by atoms with Crippen molar-refractivity contribution in [1.82, 2.24) is 25.0 Å². The van der Waals surface area contributed by atoms with Crippen molar-refractivity contribution >= 4 is 27.5 Å². The molecule has 11 nitrogen and oxygen atoms in total. The van der Waals surface area contributed by atoms with E-state index in [9.17, 15) is 13.2 Å². The van der Waals surface area contributed by atoms with Crippen LogP contribution in [0.1, 0.15) is 71.2 Å². The number of nitrogens with zero attached hydrogens (tertiary/aromatic N) is 3. The van der Waals surface area contributed by atoms with E-state index in [1.807, 2.05) is 19.9 Å². The molecule has 2 aromatic heterocycles. The van der Waals surface area contributed by atoms with Crippen LogP contribution in [0, 0.1) is 0 Å². The maximum atomic E-state index is 13.7. The van der Waals surface area contributed by atoms with Crippen molar-refractivity contribution in [2.24, 2.45) is 0 Å². The SMILES string of the molecule is COc1ncc(-c2ccc(-c3cnc([C@H]4CC[C@H](NC(=O)OC(C)C)CC4)s3)c(S(=O)(=O)NC(C)(C)C)c2)c(OC)n1. The summed E-state index contributed by atoms with van der Waals surface area (Å²) in [5, 5.41) is 3.91. The maximum Gasteiger partial charge on any atom is 0.407 e. The molecule has 228 valence electrons. The lowest BCUT2D eigenvalue weighted by Gasteiger charge is -2.28. The Morgan fingerprint density at radius 2 is 1.74 bits per heavy atom. The molecule has 1 aliphatic rings. The number of sulfonamides is 1. The summed E-state index contributed by atoms with van der Waals surface area (Å²) >= 11 is 1.50. The van der Waals surface area contributed by atoms with Crippen molar-refractivity contribution in [3.63, 3.8) is 0 Å².